The Morgan fingerprint density at radius 3 is 1.87 bits per heavy atom. The van der Waals surface area contributed by atoms with Crippen molar-refractivity contribution < 1.29 is 28.4 Å². The van der Waals surface area contributed by atoms with Gasteiger partial charge in [-0.3, -0.25) is 13.8 Å². The van der Waals surface area contributed by atoms with Gasteiger partial charge in [0.1, 0.15) is 0 Å². The number of rotatable bonds is 33. The van der Waals surface area contributed by atoms with Crippen molar-refractivity contribution in [3.63, 3.8) is 0 Å². The molecule has 0 aromatic carbocycles. The number of nitrogens with one attached hydrogen (secondary N) is 1. The number of amides is 1. The normalized spacial score (nSPS) is 15.0. The van der Waals surface area contributed by atoms with Crippen LogP contribution in [0.2, 0.25) is 0 Å². The Morgan fingerprint density at radius 2 is 1.24 bits per heavy atom. The van der Waals surface area contributed by atoms with Crippen LogP contribution in [0.4, 0.5) is 0 Å². The van der Waals surface area contributed by atoms with Crippen LogP contribution >= 0.6 is 7.82 Å². The maximum Gasteiger partial charge on any atom is 0.472 e. The van der Waals surface area contributed by atoms with Gasteiger partial charge in [0, 0.05) is 13.0 Å². The molecule has 0 radical (unpaired) electrons. The minimum atomic E-state index is -4.34. The number of nitrogens with two attached hydrogens (primary N) is 1. The predicted molar refractivity (Wildman–Crippen MR) is 194 cm³/mol. The van der Waals surface area contributed by atoms with Crippen molar-refractivity contribution in [3.05, 3.63) is 48.6 Å². The Hall–Kier alpha value is -1.54. The summed E-state index contributed by atoms with van der Waals surface area (Å²) >= 11 is 0. The van der Waals surface area contributed by atoms with Crippen LogP contribution in [0.25, 0.3) is 0 Å². The van der Waals surface area contributed by atoms with Crippen molar-refractivity contribution in [2.75, 3.05) is 19.8 Å². The summed E-state index contributed by atoms with van der Waals surface area (Å²) in [4.78, 5) is 22.5. The van der Waals surface area contributed by atoms with E-state index in [1.54, 1.807) is 6.08 Å². The molecule has 46 heavy (non-hydrogen) atoms. The largest absolute Gasteiger partial charge is 0.472 e. The fourth-order valence-corrected chi connectivity index (χ4v) is 5.57. The van der Waals surface area contributed by atoms with Gasteiger partial charge in [-0.1, -0.05) is 133 Å². The lowest BCUT2D eigenvalue weighted by Gasteiger charge is -2.23. The summed E-state index contributed by atoms with van der Waals surface area (Å²) in [6, 6.07) is -0.883. The molecule has 0 aromatic rings. The Kier molecular flexibility index (Phi) is 32.2. The number of aliphatic hydroxyl groups is 1. The third kappa shape index (κ3) is 31.1. The van der Waals surface area contributed by atoms with E-state index in [1.165, 1.54) is 64.2 Å². The van der Waals surface area contributed by atoms with Gasteiger partial charge in [-0.05, 0) is 57.8 Å². The predicted octanol–water partition coefficient (Wildman–Crippen LogP) is 9.38. The molecular weight excluding hydrogens is 599 g/mol. The van der Waals surface area contributed by atoms with Crippen molar-refractivity contribution in [1.82, 2.24) is 5.32 Å². The van der Waals surface area contributed by atoms with Crippen LogP contribution in [0.5, 0.6) is 0 Å². The Morgan fingerprint density at radius 1 is 0.717 bits per heavy atom. The van der Waals surface area contributed by atoms with Crippen LogP contribution in [-0.4, -0.2) is 47.8 Å². The minimum absolute atomic E-state index is 0.0699. The van der Waals surface area contributed by atoms with Gasteiger partial charge >= 0.3 is 7.82 Å². The number of phosphoric acid groups is 1. The molecule has 0 aromatic heterocycles. The number of allylic oxidation sites excluding steroid dienone is 7. The molecule has 0 saturated heterocycles. The van der Waals surface area contributed by atoms with Gasteiger partial charge in [0.2, 0.25) is 5.91 Å². The van der Waals surface area contributed by atoms with E-state index in [9.17, 15) is 19.4 Å². The highest BCUT2D eigenvalue weighted by molar-refractivity contribution is 7.47. The summed E-state index contributed by atoms with van der Waals surface area (Å²) in [6.45, 7) is 4.02. The SMILES string of the molecule is CCCC/C=C\C/C=C\CCCCCCCC(=O)NC(COP(=O)(O)OCCN)C(O)/C=C/CC/C=C/CCCCCCCCC. The standard InChI is InChI=1S/C37H69N2O6P/c1-3-5-7-9-11-13-15-17-19-21-23-25-27-29-31-37(41)39-35(34-45-46(42,43)44-33-32-38)36(40)30-28-26-24-22-20-18-16-14-12-10-8-6-4-2/h9,11,15,17,20,22,28,30,35-36,40H,3-8,10,12-14,16,18-19,21,23-27,29,31-34,38H2,1-2H3,(H,39,41)(H,42,43)/b11-9-,17-15-,22-20+,30-28+. The van der Waals surface area contributed by atoms with Gasteiger partial charge in [-0.2, -0.15) is 0 Å². The van der Waals surface area contributed by atoms with Crippen LogP contribution in [0, 0.1) is 0 Å². The van der Waals surface area contributed by atoms with E-state index in [0.29, 0.717) is 6.42 Å². The van der Waals surface area contributed by atoms with Gasteiger partial charge in [0.15, 0.2) is 0 Å². The molecule has 0 heterocycles. The molecule has 0 saturated carbocycles. The molecule has 0 rings (SSSR count). The molecule has 9 heteroatoms. The molecular formula is C37H69N2O6P. The van der Waals surface area contributed by atoms with E-state index in [1.807, 2.05) is 6.08 Å². The number of unbranched alkanes of at least 4 members (excludes halogenated alkanes) is 15. The third-order valence-corrected chi connectivity index (χ3v) is 8.61. The average molecular weight is 669 g/mol. The summed E-state index contributed by atoms with van der Waals surface area (Å²) in [6.07, 6.45) is 38.7. The van der Waals surface area contributed by atoms with Crippen molar-refractivity contribution >= 4 is 13.7 Å². The number of hydrogen-bond donors (Lipinski definition) is 4. The first-order valence-corrected chi connectivity index (χ1v) is 19.8. The van der Waals surface area contributed by atoms with Crippen LogP contribution < -0.4 is 11.1 Å². The second kappa shape index (κ2) is 33.4. The first kappa shape index (κ1) is 44.5. The smallest absolute Gasteiger partial charge is 0.387 e. The average Bonchev–Trinajstić information content (AvgIpc) is 3.04. The molecule has 0 bridgehead atoms. The van der Waals surface area contributed by atoms with Gasteiger partial charge < -0.3 is 21.1 Å². The second-order valence-electron chi connectivity index (χ2n) is 12.1. The highest BCUT2D eigenvalue weighted by Gasteiger charge is 2.26. The minimum Gasteiger partial charge on any atom is -0.387 e. The maximum absolute atomic E-state index is 12.7. The highest BCUT2D eigenvalue weighted by Crippen LogP contribution is 2.43. The number of carbonyl (C=O) groups excluding carboxylic acids is 1. The molecule has 0 spiro atoms. The van der Waals surface area contributed by atoms with Crippen molar-refractivity contribution in [3.8, 4) is 0 Å². The number of phosphoric ester groups is 1. The quantitative estimate of drug-likeness (QED) is 0.0311. The summed E-state index contributed by atoms with van der Waals surface area (Å²) in [7, 11) is -4.34. The van der Waals surface area contributed by atoms with E-state index in [4.69, 9.17) is 14.8 Å². The van der Waals surface area contributed by atoms with E-state index < -0.39 is 20.0 Å². The first-order valence-electron chi connectivity index (χ1n) is 18.3. The van der Waals surface area contributed by atoms with E-state index in [2.05, 4.69) is 55.6 Å². The second-order valence-corrected chi connectivity index (χ2v) is 13.5. The zero-order valence-electron chi connectivity index (χ0n) is 29.3. The van der Waals surface area contributed by atoms with E-state index >= 15 is 0 Å². The van der Waals surface area contributed by atoms with Crippen LogP contribution in [0.1, 0.15) is 149 Å². The molecule has 3 atom stereocenters. The van der Waals surface area contributed by atoms with Crippen LogP contribution in [0.3, 0.4) is 0 Å². The number of aliphatic hydroxyl groups excluding tert-OH is 1. The summed E-state index contributed by atoms with van der Waals surface area (Å²) < 4.78 is 22.0. The topological polar surface area (TPSA) is 131 Å². The monoisotopic (exact) mass is 668 g/mol. The van der Waals surface area contributed by atoms with Crippen molar-refractivity contribution in [1.29, 1.82) is 0 Å². The molecule has 5 N–H and O–H groups in total. The summed E-state index contributed by atoms with van der Waals surface area (Å²) in [5, 5.41) is 13.5. The van der Waals surface area contributed by atoms with Gasteiger partial charge in [0.25, 0.3) is 0 Å². The summed E-state index contributed by atoms with van der Waals surface area (Å²) in [5.41, 5.74) is 5.34. The third-order valence-electron chi connectivity index (χ3n) is 7.63. The fraction of sp³-hybridized carbons (Fsp3) is 0.757. The lowest BCUT2D eigenvalue weighted by molar-refractivity contribution is -0.123. The first-order chi connectivity index (χ1) is 22.4. The Balaban J connectivity index is 4.44. The fourth-order valence-electron chi connectivity index (χ4n) is 4.81. The Bertz CT molecular complexity index is 861. The molecule has 1 amide bonds. The van der Waals surface area contributed by atoms with Gasteiger partial charge in [-0.25, -0.2) is 4.57 Å². The van der Waals surface area contributed by atoms with Crippen molar-refractivity contribution in [2.24, 2.45) is 5.73 Å². The number of carbonyl (C=O) groups is 1. The summed E-state index contributed by atoms with van der Waals surface area (Å²) in [5.74, 6) is -0.222. The highest BCUT2D eigenvalue weighted by atomic mass is 31.2. The molecule has 8 nitrogen and oxygen atoms in total. The lowest BCUT2D eigenvalue weighted by Crippen LogP contribution is -2.45. The van der Waals surface area contributed by atoms with E-state index in [0.717, 1.165) is 64.2 Å². The molecule has 268 valence electrons. The molecule has 3 unspecified atom stereocenters. The van der Waals surface area contributed by atoms with E-state index in [-0.39, 0.29) is 25.7 Å². The molecule has 0 aliphatic carbocycles. The molecule has 0 aliphatic rings. The lowest BCUT2D eigenvalue weighted by atomic mass is 10.1. The Labute approximate surface area is 282 Å². The number of hydrogen-bond acceptors (Lipinski definition) is 6. The van der Waals surface area contributed by atoms with Gasteiger partial charge in [-0.15, -0.1) is 0 Å². The van der Waals surface area contributed by atoms with Gasteiger partial charge in [0.05, 0.1) is 25.4 Å². The zero-order chi connectivity index (χ0) is 34.0. The zero-order valence-corrected chi connectivity index (χ0v) is 30.2. The van der Waals surface area contributed by atoms with Crippen molar-refractivity contribution in [2.45, 2.75) is 161 Å². The molecule has 0 aliphatic heterocycles. The maximum atomic E-state index is 12.7. The molecule has 0 fully saturated rings. The van der Waals surface area contributed by atoms with Crippen LogP contribution in [-0.2, 0) is 18.4 Å². The van der Waals surface area contributed by atoms with Crippen LogP contribution in [0.15, 0.2) is 48.6 Å².